The molecule has 0 saturated carbocycles. The van der Waals surface area contributed by atoms with Crippen molar-refractivity contribution in [3.05, 3.63) is 17.8 Å². The number of nitrogens with zero attached hydrogens (tertiary/aromatic N) is 4. The van der Waals surface area contributed by atoms with Gasteiger partial charge in [0.2, 0.25) is 0 Å². The minimum absolute atomic E-state index is 0.668. The summed E-state index contributed by atoms with van der Waals surface area (Å²) >= 11 is 0. The average molecular weight is 274 g/mol. The first kappa shape index (κ1) is 13.8. The van der Waals surface area contributed by atoms with Crippen LogP contribution in [0.3, 0.4) is 0 Å². The van der Waals surface area contributed by atoms with Crippen molar-refractivity contribution in [2.75, 3.05) is 31.1 Å². The lowest BCUT2D eigenvalue weighted by atomic mass is 9.90. The quantitative estimate of drug-likeness (QED) is 0.848. The number of hydrogen-bond acceptors (Lipinski definition) is 4. The van der Waals surface area contributed by atoms with E-state index in [1.165, 1.54) is 44.3 Å². The van der Waals surface area contributed by atoms with E-state index in [0.717, 1.165) is 18.9 Å². The SMILES string of the molecule is CC(C)N1CCC(c2cnnc(N3CCCC3)c2)CC1. The lowest BCUT2D eigenvalue weighted by molar-refractivity contribution is 0.172. The highest BCUT2D eigenvalue weighted by molar-refractivity contribution is 5.41. The molecule has 0 spiro atoms. The summed E-state index contributed by atoms with van der Waals surface area (Å²) in [6.07, 6.45) is 7.07. The van der Waals surface area contributed by atoms with Gasteiger partial charge in [-0.25, -0.2) is 0 Å². The number of anilines is 1. The van der Waals surface area contributed by atoms with Crippen LogP contribution in [0.15, 0.2) is 12.3 Å². The monoisotopic (exact) mass is 274 g/mol. The fraction of sp³-hybridized carbons (Fsp3) is 0.750. The molecule has 0 bridgehead atoms. The van der Waals surface area contributed by atoms with Crippen LogP contribution in [0.4, 0.5) is 5.82 Å². The van der Waals surface area contributed by atoms with E-state index in [0.29, 0.717) is 12.0 Å². The van der Waals surface area contributed by atoms with Gasteiger partial charge < -0.3 is 9.80 Å². The normalized spacial score (nSPS) is 21.9. The number of piperidine rings is 1. The van der Waals surface area contributed by atoms with Gasteiger partial charge in [0.05, 0.1) is 6.20 Å². The van der Waals surface area contributed by atoms with Crippen LogP contribution in [0.2, 0.25) is 0 Å². The molecule has 4 nitrogen and oxygen atoms in total. The van der Waals surface area contributed by atoms with E-state index in [1.54, 1.807) is 0 Å². The van der Waals surface area contributed by atoms with Gasteiger partial charge in [-0.05, 0) is 70.2 Å². The van der Waals surface area contributed by atoms with Crippen molar-refractivity contribution in [3.8, 4) is 0 Å². The zero-order chi connectivity index (χ0) is 13.9. The Morgan fingerprint density at radius 2 is 1.80 bits per heavy atom. The molecular weight excluding hydrogens is 248 g/mol. The highest BCUT2D eigenvalue weighted by Crippen LogP contribution is 2.30. The molecule has 0 atom stereocenters. The second-order valence-electron chi connectivity index (χ2n) is 6.45. The van der Waals surface area contributed by atoms with Crippen LogP contribution in [-0.4, -0.2) is 47.3 Å². The maximum absolute atomic E-state index is 4.32. The zero-order valence-corrected chi connectivity index (χ0v) is 12.8. The number of likely N-dealkylation sites (tertiary alicyclic amines) is 1. The van der Waals surface area contributed by atoms with Crippen molar-refractivity contribution in [2.45, 2.75) is 51.5 Å². The summed E-state index contributed by atoms with van der Waals surface area (Å²) in [6, 6.07) is 2.96. The molecule has 2 fully saturated rings. The first-order valence-electron chi connectivity index (χ1n) is 8.05. The molecule has 4 heteroatoms. The lowest BCUT2D eigenvalue weighted by Crippen LogP contribution is -2.37. The van der Waals surface area contributed by atoms with E-state index in [2.05, 4.69) is 39.9 Å². The van der Waals surface area contributed by atoms with Crippen LogP contribution in [0, 0.1) is 0 Å². The predicted octanol–water partition coefficient (Wildman–Crippen LogP) is 2.66. The van der Waals surface area contributed by atoms with Crippen molar-refractivity contribution in [1.82, 2.24) is 15.1 Å². The molecule has 2 aliphatic heterocycles. The standard InChI is InChI=1S/C16H26N4/c1-13(2)19-9-5-14(6-10-19)15-11-16(18-17-12-15)20-7-3-4-8-20/h11-14H,3-10H2,1-2H3. The van der Waals surface area contributed by atoms with Gasteiger partial charge in [0.15, 0.2) is 5.82 Å². The molecule has 1 aromatic heterocycles. The van der Waals surface area contributed by atoms with Gasteiger partial charge in [-0.15, -0.1) is 5.10 Å². The van der Waals surface area contributed by atoms with Gasteiger partial charge in [0, 0.05) is 19.1 Å². The van der Waals surface area contributed by atoms with Crippen LogP contribution < -0.4 is 4.90 Å². The topological polar surface area (TPSA) is 32.3 Å². The molecule has 0 unspecified atom stereocenters. The summed E-state index contributed by atoms with van der Waals surface area (Å²) in [5, 5.41) is 8.58. The van der Waals surface area contributed by atoms with E-state index >= 15 is 0 Å². The van der Waals surface area contributed by atoms with Crippen LogP contribution in [0.25, 0.3) is 0 Å². The molecule has 20 heavy (non-hydrogen) atoms. The molecule has 2 aliphatic rings. The summed E-state index contributed by atoms with van der Waals surface area (Å²) in [4.78, 5) is 4.95. The summed E-state index contributed by atoms with van der Waals surface area (Å²) < 4.78 is 0. The largest absolute Gasteiger partial charge is 0.355 e. The molecule has 0 aliphatic carbocycles. The molecule has 0 aromatic carbocycles. The van der Waals surface area contributed by atoms with Crippen molar-refractivity contribution >= 4 is 5.82 Å². The highest BCUT2D eigenvalue weighted by atomic mass is 15.3. The zero-order valence-electron chi connectivity index (χ0n) is 12.8. The summed E-state index contributed by atoms with van der Waals surface area (Å²) in [7, 11) is 0. The van der Waals surface area contributed by atoms with Crippen LogP contribution in [-0.2, 0) is 0 Å². The van der Waals surface area contributed by atoms with Crippen LogP contribution in [0.1, 0.15) is 51.0 Å². The predicted molar refractivity (Wildman–Crippen MR) is 82.2 cm³/mol. The maximum Gasteiger partial charge on any atom is 0.151 e. The maximum atomic E-state index is 4.32. The first-order valence-corrected chi connectivity index (χ1v) is 8.05. The van der Waals surface area contributed by atoms with Crippen molar-refractivity contribution in [3.63, 3.8) is 0 Å². The molecule has 110 valence electrons. The highest BCUT2D eigenvalue weighted by Gasteiger charge is 2.23. The van der Waals surface area contributed by atoms with Gasteiger partial charge in [-0.3, -0.25) is 0 Å². The Morgan fingerprint density at radius 1 is 1.10 bits per heavy atom. The molecule has 0 amide bonds. The third kappa shape index (κ3) is 2.95. The Morgan fingerprint density at radius 3 is 2.45 bits per heavy atom. The molecule has 2 saturated heterocycles. The van der Waals surface area contributed by atoms with Crippen LogP contribution in [0.5, 0.6) is 0 Å². The second kappa shape index (κ2) is 6.08. The van der Waals surface area contributed by atoms with Crippen molar-refractivity contribution in [1.29, 1.82) is 0 Å². The number of hydrogen-bond donors (Lipinski definition) is 0. The molecular formula is C16H26N4. The molecule has 0 N–H and O–H groups in total. The van der Waals surface area contributed by atoms with Gasteiger partial charge in [-0.1, -0.05) is 0 Å². The second-order valence-corrected chi connectivity index (χ2v) is 6.45. The van der Waals surface area contributed by atoms with Gasteiger partial charge >= 0.3 is 0 Å². The molecule has 3 rings (SSSR count). The van der Waals surface area contributed by atoms with Gasteiger partial charge in [-0.2, -0.15) is 5.10 Å². The van der Waals surface area contributed by atoms with E-state index in [1.807, 2.05) is 6.20 Å². The smallest absolute Gasteiger partial charge is 0.151 e. The molecule has 0 radical (unpaired) electrons. The molecule has 1 aromatic rings. The Balaban J connectivity index is 1.67. The Hall–Kier alpha value is -1.16. The lowest BCUT2D eigenvalue weighted by Gasteiger charge is -2.34. The molecule has 3 heterocycles. The Bertz CT molecular complexity index is 432. The van der Waals surface area contributed by atoms with Crippen molar-refractivity contribution < 1.29 is 0 Å². The number of aromatic nitrogens is 2. The van der Waals surface area contributed by atoms with Gasteiger partial charge in [0.25, 0.3) is 0 Å². The Labute approximate surface area is 122 Å². The van der Waals surface area contributed by atoms with Gasteiger partial charge in [0.1, 0.15) is 0 Å². The van der Waals surface area contributed by atoms with Crippen LogP contribution >= 0.6 is 0 Å². The Kier molecular flexibility index (Phi) is 4.20. The summed E-state index contributed by atoms with van der Waals surface area (Å²) in [6.45, 7) is 9.29. The summed E-state index contributed by atoms with van der Waals surface area (Å²) in [5.74, 6) is 1.76. The van der Waals surface area contributed by atoms with E-state index in [-0.39, 0.29) is 0 Å². The number of rotatable bonds is 3. The van der Waals surface area contributed by atoms with Crippen molar-refractivity contribution in [2.24, 2.45) is 0 Å². The fourth-order valence-electron chi connectivity index (χ4n) is 3.44. The summed E-state index contributed by atoms with van der Waals surface area (Å²) in [5.41, 5.74) is 1.39. The third-order valence-corrected chi connectivity index (χ3v) is 4.82. The minimum Gasteiger partial charge on any atom is -0.355 e. The van der Waals surface area contributed by atoms with E-state index < -0.39 is 0 Å². The first-order chi connectivity index (χ1) is 9.74. The minimum atomic E-state index is 0.668. The van der Waals surface area contributed by atoms with E-state index in [4.69, 9.17) is 0 Å². The van der Waals surface area contributed by atoms with E-state index in [9.17, 15) is 0 Å². The average Bonchev–Trinajstić information content (AvgIpc) is 3.02. The fourth-order valence-corrected chi connectivity index (χ4v) is 3.44. The third-order valence-electron chi connectivity index (χ3n) is 4.82.